The average molecular weight is 260 g/mol. The summed E-state index contributed by atoms with van der Waals surface area (Å²) >= 11 is 0. The fourth-order valence-corrected chi connectivity index (χ4v) is 1.30. The van der Waals surface area contributed by atoms with E-state index in [4.69, 9.17) is 0 Å². The van der Waals surface area contributed by atoms with Crippen LogP contribution in [0.3, 0.4) is 0 Å². The number of alkyl halides is 3. The van der Waals surface area contributed by atoms with Crippen molar-refractivity contribution in [2.24, 2.45) is 0 Å². The van der Waals surface area contributed by atoms with E-state index in [9.17, 15) is 18.0 Å². The van der Waals surface area contributed by atoms with Crippen LogP contribution in [-0.4, -0.2) is 22.9 Å². The number of hydrogen-bond acceptors (Lipinski definition) is 3. The van der Waals surface area contributed by atoms with E-state index in [1.807, 2.05) is 20.8 Å². The number of rotatable bonds is 3. The molecule has 18 heavy (non-hydrogen) atoms. The Morgan fingerprint density at radius 3 is 2.44 bits per heavy atom. The van der Waals surface area contributed by atoms with Gasteiger partial charge in [-0.3, -0.25) is 9.78 Å². The van der Waals surface area contributed by atoms with Crippen molar-refractivity contribution in [3.8, 4) is 0 Å². The van der Waals surface area contributed by atoms with Crippen LogP contribution >= 0.6 is 0 Å². The summed E-state index contributed by atoms with van der Waals surface area (Å²) in [5.41, 5.74) is -1.68. The zero-order valence-electron chi connectivity index (χ0n) is 10.4. The maximum atomic E-state index is 12.7. The molecule has 1 aromatic heterocycles. The molecule has 3 nitrogen and oxygen atoms in total. The highest BCUT2D eigenvalue weighted by atomic mass is 19.4. The molecule has 1 rings (SSSR count). The lowest BCUT2D eigenvalue weighted by atomic mass is 10.0. The fraction of sp³-hybridized carbons (Fsp3) is 0.500. The molecule has 0 spiro atoms. The summed E-state index contributed by atoms with van der Waals surface area (Å²) in [7, 11) is 0. The highest BCUT2D eigenvalue weighted by molar-refractivity contribution is 5.98. The Morgan fingerprint density at radius 1 is 1.33 bits per heavy atom. The smallest absolute Gasteiger partial charge is 0.305 e. The molecule has 0 atom stereocenters. The lowest BCUT2D eigenvalue weighted by molar-refractivity contribution is -0.138. The van der Waals surface area contributed by atoms with Gasteiger partial charge < -0.3 is 5.32 Å². The lowest BCUT2D eigenvalue weighted by Gasteiger charge is -2.20. The van der Waals surface area contributed by atoms with Crippen molar-refractivity contribution in [2.45, 2.75) is 32.5 Å². The molecule has 0 unspecified atom stereocenters. The van der Waals surface area contributed by atoms with Crippen molar-refractivity contribution in [1.82, 2.24) is 10.3 Å². The van der Waals surface area contributed by atoms with E-state index < -0.39 is 23.1 Å². The van der Waals surface area contributed by atoms with E-state index in [1.54, 1.807) is 0 Å². The molecule has 0 bridgehead atoms. The van der Waals surface area contributed by atoms with Crippen LogP contribution in [0.2, 0.25) is 0 Å². The van der Waals surface area contributed by atoms with Gasteiger partial charge in [-0.1, -0.05) is 0 Å². The third-order valence-corrected chi connectivity index (χ3v) is 2.21. The number of ketones is 1. The predicted molar refractivity (Wildman–Crippen MR) is 61.3 cm³/mol. The molecule has 1 N–H and O–H groups in total. The largest absolute Gasteiger partial charge is 0.417 e. The second-order valence-corrected chi connectivity index (χ2v) is 4.95. The van der Waals surface area contributed by atoms with Gasteiger partial charge in [-0.2, -0.15) is 13.2 Å². The summed E-state index contributed by atoms with van der Waals surface area (Å²) in [5, 5.41) is 2.85. The Hall–Kier alpha value is -1.43. The van der Waals surface area contributed by atoms with E-state index in [0.717, 1.165) is 18.5 Å². The topological polar surface area (TPSA) is 42.0 Å². The van der Waals surface area contributed by atoms with Crippen LogP contribution in [-0.2, 0) is 6.18 Å². The first-order valence-corrected chi connectivity index (χ1v) is 5.41. The van der Waals surface area contributed by atoms with Gasteiger partial charge in [0.25, 0.3) is 0 Å². The van der Waals surface area contributed by atoms with Crippen molar-refractivity contribution in [1.29, 1.82) is 0 Å². The normalized spacial score (nSPS) is 12.6. The number of aromatic nitrogens is 1. The second kappa shape index (κ2) is 5.06. The Labute approximate surface area is 103 Å². The van der Waals surface area contributed by atoms with Crippen LogP contribution in [0.5, 0.6) is 0 Å². The summed E-state index contributed by atoms with van der Waals surface area (Å²) in [4.78, 5) is 15.3. The number of pyridine rings is 1. The zero-order valence-corrected chi connectivity index (χ0v) is 10.4. The molecule has 0 saturated carbocycles. The van der Waals surface area contributed by atoms with Crippen LogP contribution in [0.4, 0.5) is 13.2 Å². The molecule has 1 heterocycles. The Bertz CT molecular complexity index is 436. The van der Waals surface area contributed by atoms with E-state index in [0.29, 0.717) is 0 Å². The predicted octanol–water partition coefficient (Wildman–Crippen LogP) is 2.67. The number of carbonyl (C=O) groups excluding carboxylic acids is 1. The molecule has 0 aliphatic heterocycles. The van der Waals surface area contributed by atoms with Gasteiger partial charge in [-0.05, 0) is 26.8 Å². The van der Waals surface area contributed by atoms with Gasteiger partial charge in [0, 0.05) is 23.5 Å². The Kier molecular flexibility index (Phi) is 4.11. The molecule has 0 fully saturated rings. The molecule has 0 aromatic carbocycles. The van der Waals surface area contributed by atoms with Crippen molar-refractivity contribution >= 4 is 5.78 Å². The Balaban J connectivity index is 2.93. The molecule has 0 amide bonds. The minimum atomic E-state index is -4.55. The van der Waals surface area contributed by atoms with E-state index in [-0.39, 0.29) is 12.1 Å². The van der Waals surface area contributed by atoms with Gasteiger partial charge in [0.2, 0.25) is 0 Å². The molecule has 0 radical (unpaired) electrons. The van der Waals surface area contributed by atoms with Crippen molar-refractivity contribution in [3.63, 3.8) is 0 Å². The number of halogens is 3. The summed E-state index contributed by atoms with van der Waals surface area (Å²) in [6, 6.07) is 0.810. The Morgan fingerprint density at radius 2 is 1.94 bits per heavy atom. The molecule has 0 saturated heterocycles. The van der Waals surface area contributed by atoms with E-state index in [2.05, 4.69) is 10.3 Å². The number of nitrogens with one attached hydrogen (secondary N) is 1. The van der Waals surface area contributed by atoms with E-state index in [1.165, 1.54) is 0 Å². The van der Waals surface area contributed by atoms with Crippen LogP contribution < -0.4 is 5.32 Å². The lowest BCUT2D eigenvalue weighted by Crippen LogP contribution is -2.39. The van der Waals surface area contributed by atoms with Crippen LogP contribution in [0.15, 0.2) is 18.5 Å². The number of Topliss-reactive ketones (excluding diaryl/α,β-unsaturated/α-hetero) is 1. The van der Waals surface area contributed by atoms with Crippen molar-refractivity contribution < 1.29 is 18.0 Å². The molecule has 6 heteroatoms. The first-order valence-electron chi connectivity index (χ1n) is 5.41. The van der Waals surface area contributed by atoms with Crippen LogP contribution in [0.25, 0.3) is 0 Å². The minimum Gasteiger partial charge on any atom is -0.305 e. The van der Waals surface area contributed by atoms with Crippen molar-refractivity contribution in [3.05, 3.63) is 29.6 Å². The first kappa shape index (κ1) is 14.6. The average Bonchev–Trinajstić information content (AvgIpc) is 2.24. The highest BCUT2D eigenvalue weighted by Crippen LogP contribution is 2.31. The molecule has 100 valence electrons. The third-order valence-electron chi connectivity index (χ3n) is 2.21. The number of hydrogen-bond donors (Lipinski definition) is 1. The van der Waals surface area contributed by atoms with Gasteiger partial charge in [0.1, 0.15) is 0 Å². The van der Waals surface area contributed by atoms with Gasteiger partial charge in [-0.25, -0.2) is 0 Å². The van der Waals surface area contributed by atoms with Gasteiger partial charge >= 0.3 is 6.18 Å². The standard InChI is InChI=1S/C12H15F3N2O/c1-11(2,3)17-7-10(18)8-6-16-5-4-9(8)12(13,14)15/h4-6,17H,7H2,1-3H3. The maximum absolute atomic E-state index is 12.7. The maximum Gasteiger partial charge on any atom is 0.417 e. The summed E-state index contributed by atoms with van der Waals surface area (Å²) in [6.45, 7) is 5.33. The molecule has 0 aliphatic rings. The fourth-order valence-electron chi connectivity index (χ4n) is 1.30. The van der Waals surface area contributed by atoms with Crippen molar-refractivity contribution in [2.75, 3.05) is 6.54 Å². The minimum absolute atomic E-state index is 0.154. The third kappa shape index (κ3) is 4.10. The molecule has 1 aromatic rings. The SMILES string of the molecule is CC(C)(C)NCC(=O)c1cnccc1C(F)(F)F. The summed E-state index contributed by atoms with van der Waals surface area (Å²) < 4.78 is 38.0. The van der Waals surface area contributed by atoms with Gasteiger partial charge in [0.15, 0.2) is 5.78 Å². The van der Waals surface area contributed by atoms with Gasteiger partial charge in [0.05, 0.1) is 12.1 Å². The highest BCUT2D eigenvalue weighted by Gasteiger charge is 2.35. The second-order valence-electron chi connectivity index (χ2n) is 4.95. The molecular weight excluding hydrogens is 245 g/mol. The zero-order chi connectivity index (χ0) is 14.0. The van der Waals surface area contributed by atoms with Gasteiger partial charge in [-0.15, -0.1) is 0 Å². The summed E-state index contributed by atoms with van der Waals surface area (Å²) in [6.07, 6.45) is -2.57. The number of nitrogens with zero attached hydrogens (tertiary/aromatic N) is 1. The van der Waals surface area contributed by atoms with Crippen LogP contribution in [0.1, 0.15) is 36.7 Å². The monoisotopic (exact) mass is 260 g/mol. The molecular formula is C12H15F3N2O. The van der Waals surface area contributed by atoms with E-state index >= 15 is 0 Å². The number of carbonyl (C=O) groups is 1. The van der Waals surface area contributed by atoms with Crippen LogP contribution in [0, 0.1) is 0 Å². The molecule has 0 aliphatic carbocycles. The first-order chi connectivity index (χ1) is 8.11. The summed E-state index contributed by atoms with van der Waals surface area (Å²) in [5.74, 6) is -0.620. The quantitative estimate of drug-likeness (QED) is 0.849.